The molecule has 2 unspecified atom stereocenters. The Balaban J connectivity index is 2.13. The summed E-state index contributed by atoms with van der Waals surface area (Å²) in [6.45, 7) is 7.95. The molecule has 1 aliphatic rings. The van der Waals surface area contributed by atoms with Crippen LogP contribution in [0.4, 0.5) is 5.69 Å². The van der Waals surface area contributed by atoms with Crippen molar-refractivity contribution in [2.45, 2.75) is 45.7 Å². The van der Waals surface area contributed by atoms with Crippen LogP contribution in [0.15, 0.2) is 24.3 Å². The van der Waals surface area contributed by atoms with E-state index in [1.54, 1.807) is 0 Å². The summed E-state index contributed by atoms with van der Waals surface area (Å²) in [6, 6.07) is 9.65. The van der Waals surface area contributed by atoms with Crippen molar-refractivity contribution in [1.29, 1.82) is 0 Å². The van der Waals surface area contributed by atoms with Crippen LogP contribution in [0.1, 0.15) is 45.2 Å². The van der Waals surface area contributed by atoms with Crippen LogP contribution in [-0.4, -0.2) is 12.6 Å². The molecule has 1 aromatic rings. The summed E-state index contributed by atoms with van der Waals surface area (Å²) in [5.74, 6) is 0.808. The van der Waals surface area contributed by atoms with Crippen LogP contribution in [0.25, 0.3) is 0 Å². The Hall–Kier alpha value is -1.02. The van der Waals surface area contributed by atoms with Crippen molar-refractivity contribution >= 4 is 5.69 Å². The van der Waals surface area contributed by atoms with E-state index in [1.165, 1.54) is 24.2 Å². The third kappa shape index (κ3) is 2.63. The monoisotopic (exact) mass is 232 g/mol. The fourth-order valence-corrected chi connectivity index (χ4v) is 2.81. The maximum Gasteiger partial charge on any atom is 0.0368 e. The van der Waals surface area contributed by atoms with Gasteiger partial charge < -0.3 is 10.6 Å². The zero-order chi connectivity index (χ0) is 12.4. The number of hydrogen-bond donors (Lipinski definition) is 1. The van der Waals surface area contributed by atoms with Crippen LogP contribution in [-0.2, 0) is 0 Å². The van der Waals surface area contributed by atoms with Gasteiger partial charge in [0.25, 0.3) is 0 Å². The molecule has 94 valence electrons. The maximum atomic E-state index is 6.03. The summed E-state index contributed by atoms with van der Waals surface area (Å²) in [5, 5.41) is 0. The van der Waals surface area contributed by atoms with Gasteiger partial charge in [-0.15, -0.1) is 0 Å². The highest BCUT2D eigenvalue weighted by atomic mass is 15.2. The summed E-state index contributed by atoms with van der Waals surface area (Å²) in [5.41, 5.74) is 8.62. The lowest BCUT2D eigenvalue weighted by molar-refractivity contribution is 0.625. The molecular weight excluding hydrogens is 208 g/mol. The summed E-state index contributed by atoms with van der Waals surface area (Å²) in [7, 11) is 0. The highest BCUT2D eigenvalue weighted by Crippen LogP contribution is 2.29. The second-order valence-electron chi connectivity index (χ2n) is 5.45. The molecule has 0 bridgehead atoms. The van der Waals surface area contributed by atoms with Crippen molar-refractivity contribution in [2.75, 3.05) is 11.4 Å². The van der Waals surface area contributed by atoms with Crippen molar-refractivity contribution < 1.29 is 0 Å². The highest BCUT2D eigenvalue weighted by Gasteiger charge is 2.25. The van der Waals surface area contributed by atoms with E-state index >= 15 is 0 Å². The van der Waals surface area contributed by atoms with Crippen molar-refractivity contribution in [1.82, 2.24) is 0 Å². The lowest BCUT2D eigenvalue weighted by Crippen LogP contribution is -2.26. The normalized spacial score (nSPS) is 26.2. The molecule has 17 heavy (non-hydrogen) atoms. The minimum atomic E-state index is 0.180. The van der Waals surface area contributed by atoms with E-state index in [0.29, 0.717) is 6.04 Å². The van der Waals surface area contributed by atoms with E-state index in [0.717, 1.165) is 12.3 Å². The van der Waals surface area contributed by atoms with Crippen molar-refractivity contribution in [3.05, 3.63) is 29.8 Å². The molecule has 0 amide bonds. The quantitative estimate of drug-likeness (QED) is 0.866. The van der Waals surface area contributed by atoms with E-state index in [4.69, 9.17) is 5.73 Å². The van der Waals surface area contributed by atoms with Crippen LogP contribution in [0.2, 0.25) is 0 Å². The number of nitrogens with two attached hydrogens (primary N) is 1. The first kappa shape index (κ1) is 12.4. The highest BCUT2D eigenvalue weighted by molar-refractivity contribution is 5.50. The zero-order valence-corrected chi connectivity index (χ0v) is 11.2. The Morgan fingerprint density at radius 1 is 1.29 bits per heavy atom. The smallest absolute Gasteiger partial charge is 0.0368 e. The number of nitrogens with zero attached hydrogens (tertiary/aromatic N) is 1. The molecule has 0 aliphatic carbocycles. The molecule has 1 fully saturated rings. The Morgan fingerprint density at radius 3 is 2.41 bits per heavy atom. The second kappa shape index (κ2) is 5.09. The fourth-order valence-electron chi connectivity index (χ4n) is 2.81. The molecule has 0 spiro atoms. The zero-order valence-electron chi connectivity index (χ0n) is 11.2. The van der Waals surface area contributed by atoms with Crippen molar-refractivity contribution in [2.24, 2.45) is 11.7 Å². The molecular formula is C15H24N2. The molecule has 3 atom stereocenters. The number of hydrogen-bond acceptors (Lipinski definition) is 2. The third-order valence-corrected chi connectivity index (χ3v) is 3.88. The van der Waals surface area contributed by atoms with E-state index in [9.17, 15) is 0 Å². The third-order valence-electron chi connectivity index (χ3n) is 3.88. The number of benzene rings is 1. The first-order valence-electron chi connectivity index (χ1n) is 6.74. The largest absolute Gasteiger partial charge is 0.369 e. The summed E-state index contributed by atoms with van der Waals surface area (Å²) < 4.78 is 0. The predicted molar refractivity (Wildman–Crippen MR) is 74.3 cm³/mol. The van der Waals surface area contributed by atoms with E-state index in [1.807, 2.05) is 0 Å². The lowest BCUT2D eigenvalue weighted by Gasteiger charge is -2.24. The summed E-state index contributed by atoms with van der Waals surface area (Å²) in [4.78, 5) is 2.51. The average molecular weight is 232 g/mol. The van der Waals surface area contributed by atoms with Gasteiger partial charge in [0.2, 0.25) is 0 Å². The van der Waals surface area contributed by atoms with Gasteiger partial charge in [0.05, 0.1) is 0 Å². The van der Waals surface area contributed by atoms with Crippen LogP contribution < -0.4 is 10.6 Å². The molecule has 2 N–H and O–H groups in total. The maximum absolute atomic E-state index is 6.03. The number of rotatable bonds is 3. The van der Waals surface area contributed by atoms with Gasteiger partial charge in [-0.3, -0.25) is 0 Å². The lowest BCUT2D eigenvalue weighted by atomic mass is 10.0. The molecule has 0 radical (unpaired) electrons. The van der Waals surface area contributed by atoms with Gasteiger partial charge in [-0.2, -0.15) is 0 Å². The predicted octanol–water partition coefficient (Wildman–Crippen LogP) is 3.33. The molecule has 2 heteroatoms. The Labute approximate surface area is 105 Å². The van der Waals surface area contributed by atoms with E-state index < -0.39 is 0 Å². The summed E-state index contributed by atoms with van der Waals surface area (Å²) >= 11 is 0. The van der Waals surface area contributed by atoms with Gasteiger partial charge in [-0.25, -0.2) is 0 Å². The van der Waals surface area contributed by atoms with E-state index in [-0.39, 0.29) is 6.04 Å². The molecule has 1 aromatic carbocycles. The summed E-state index contributed by atoms with van der Waals surface area (Å²) in [6.07, 6.45) is 2.30. The molecule has 1 heterocycles. The standard InChI is InChI=1S/C15H24N2/c1-4-15(16)13-5-7-14(8-6-13)17-10-11(2)9-12(17)3/h5-8,11-12,15H,4,9-10,16H2,1-3H3/t11?,12?,15-/m1/s1. The molecule has 0 aromatic heterocycles. The molecule has 0 saturated carbocycles. The van der Waals surface area contributed by atoms with Crippen LogP contribution in [0.3, 0.4) is 0 Å². The van der Waals surface area contributed by atoms with E-state index in [2.05, 4.69) is 49.9 Å². The van der Waals surface area contributed by atoms with Gasteiger partial charge in [0, 0.05) is 24.3 Å². The Bertz CT molecular complexity index is 358. The molecule has 1 aliphatic heterocycles. The average Bonchev–Trinajstić information content (AvgIpc) is 2.68. The fraction of sp³-hybridized carbons (Fsp3) is 0.600. The van der Waals surface area contributed by atoms with Gasteiger partial charge in [-0.1, -0.05) is 26.0 Å². The molecule has 2 nitrogen and oxygen atoms in total. The minimum absolute atomic E-state index is 0.180. The topological polar surface area (TPSA) is 29.3 Å². The van der Waals surface area contributed by atoms with Crippen molar-refractivity contribution in [3.8, 4) is 0 Å². The van der Waals surface area contributed by atoms with Gasteiger partial charge in [-0.05, 0) is 43.4 Å². The second-order valence-corrected chi connectivity index (χ2v) is 5.45. The Morgan fingerprint density at radius 2 is 1.94 bits per heavy atom. The van der Waals surface area contributed by atoms with Gasteiger partial charge in [0.1, 0.15) is 0 Å². The van der Waals surface area contributed by atoms with Crippen molar-refractivity contribution in [3.63, 3.8) is 0 Å². The van der Waals surface area contributed by atoms with Crippen LogP contribution in [0.5, 0.6) is 0 Å². The molecule has 2 rings (SSSR count). The van der Waals surface area contributed by atoms with Crippen LogP contribution in [0, 0.1) is 5.92 Å². The first-order chi connectivity index (χ1) is 8.11. The van der Waals surface area contributed by atoms with Gasteiger partial charge in [0.15, 0.2) is 0 Å². The number of anilines is 1. The first-order valence-corrected chi connectivity index (χ1v) is 6.74. The Kier molecular flexibility index (Phi) is 3.72. The van der Waals surface area contributed by atoms with Crippen LogP contribution >= 0.6 is 0 Å². The SMILES string of the molecule is CC[C@@H](N)c1ccc(N2CC(C)CC2C)cc1. The molecule has 1 saturated heterocycles. The van der Waals surface area contributed by atoms with Gasteiger partial charge >= 0.3 is 0 Å². The minimum Gasteiger partial charge on any atom is -0.369 e.